The fourth-order valence-electron chi connectivity index (χ4n) is 1.99. The molecule has 8 heteroatoms. The molecule has 0 atom stereocenters. The number of rotatable bonds is 6. The van der Waals surface area contributed by atoms with Gasteiger partial charge in [-0.3, -0.25) is 4.40 Å². The van der Waals surface area contributed by atoms with Crippen LogP contribution >= 0.6 is 11.6 Å². The third-order valence-corrected chi connectivity index (χ3v) is 5.32. The first-order chi connectivity index (χ1) is 9.52. The number of pyridine rings is 1. The number of nitrogens with zero attached hydrogens (tertiary/aromatic N) is 3. The monoisotopic (exact) mass is 317 g/mol. The van der Waals surface area contributed by atoms with Gasteiger partial charge in [0.25, 0.3) is 10.0 Å². The highest BCUT2D eigenvalue weighted by atomic mass is 35.5. The van der Waals surface area contributed by atoms with E-state index in [-0.39, 0.29) is 23.3 Å². The minimum atomic E-state index is -3.75. The lowest BCUT2D eigenvalue weighted by atomic mass is 10.4. The number of hydrogen-bond acceptors (Lipinski definition) is 4. The number of imidazole rings is 1. The van der Waals surface area contributed by atoms with E-state index in [1.807, 2.05) is 0 Å². The summed E-state index contributed by atoms with van der Waals surface area (Å²) in [7, 11) is -3.75. The van der Waals surface area contributed by atoms with Crippen molar-refractivity contribution in [3.05, 3.63) is 29.5 Å². The van der Waals surface area contributed by atoms with E-state index in [2.05, 4.69) is 4.98 Å². The average Bonchev–Trinajstić information content (AvgIpc) is 2.75. The molecule has 1 N–H and O–H groups in total. The Kier molecular flexibility index (Phi) is 4.64. The summed E-state index contributed by atoms with van der Waals surface area (Å²) in [5, 5.41) is 8.79. The zero-order valence-electron chi connectivity index (χ0n) is 11.0. The van der Waals surface area contributed by atoms with Crippen LogP contribution in [-0.4, -0.2) is 46.9 Å². The van der Waals surface area contributed by atoms with Gasteiger partial charge in [0.05, 0.1) is 0 Å². The molecule has 0 fully saturated rings. The number of fused-ring (bicyclic) bond motifs is 1. The van der Waals surface area contributed by atoms with Crippen molar-refractivity contribution >= 4 is 27.3 Å². The summed E-state index contributed by atoms with van der Waals surface area (Å²) >= 11 is 6.00. The van der Waals surface area contributed by atoms with Gasteiger partial charge in [0.1, 0.15) is 5.65 Å². The highest BCUT2D eigenvalue weighted by Gasteiger charge is 2.29. The number of aliphatic hydroxyl groups is 1. The number of hydrogen-bond donors (Lipinski definition) is 1. The Hall–Kier alpha value is -1.15. The summed E-state index contributed by atoms with van der Waals surface area (Å²) in [5.74, 6) is 0. The Bertz CT molecular complexity index is 699. The molecule has 110 valence electrons. The average molecular weight is 318 g/mol. The third-order valence-electron chi connectivity index (χ3n) is 2.95. The van der Waals surface area contributed by atoms with Crippen LogP contribution in [0.3, 0.4) is 0 Å². The van der Waals surface area contributed by atoms with E-state index >= 15 is 0 Å². The second kappa shape index (κ2) is 6.09. The van der Waals surface area contributed by atoms with Crippen molar-refractivity contribution in [3.8, 4) is 0 Å². The summed E-state index contributed by atoms with van der Waals surface area (Å²) in [5.41, 5.74) is 0.481. The molecule has 2 heterocycles. The summed E-state index contributed by atoms with van der Waals surface area (Å²) < 4.78 is 28.1. The molecule has 0 aliphatic carbocycles. The molecular formula is C12H16ClN3O3S. The Morgan fingerprint density at radius 2 is 2.20 bits per heavy atom. The molecule has 0 amide bonds. The van der Waals surface area contributed by atoms with E-state index in [9.17, 15) is 8.42 Å². The second-order valence-electron chi connectivity index (χ2n) is 4.21. The van der Waals surface area contributed by atoms with Crippen LogP contribution in [-0.2, 0) is 10.0 Å². The molecule has 0 aliphatic rings. The van der Waals surface area contributed by atoms with Crippen LogP contribution in [0, 0.1) is 0 Å². The zero-order chi connectivity index (χ0) is 14.8. The number of halogens is 1. The number of aromatic nitrogens is 2. The normalized spacial score (nSPS) is 12.4. The van der Waals surface area contributed by atoms with Crippen molar-refractivity contribution in [2.24, 2.45) is 0 Å². The van der Waals surface area contributed by atoms with Crippen LogP contribution in [0.2, 0.25) is 5.15 Å². The number of sulfonamides is 1. The smallest absolute Gasteiger partial charge is 0.262 e. The Balaban J connectivity index is 2.53. The quantitative estimate of drug-likeness (QED) is 0.873. The van der Waals surface area contributed by atoms with Crippen molar-refractivity contribution in [1.29, 1.82) is 0 Å². The highest BCUT2D eigenvalue weighted by molar-refractivity contribution is 7.89. The van der Waals surface area contributed by atoms with Gasteiger partial charge in [0.15, 0.2) is 10.2 Å². The van der Waals surface area contributed by atoms with Crippen molar-refractivity contribution in [2.75, 3.05) is 19.7 Å². The van der Waals surface area contributed by atoms with E-state index in [1.54, 1.807) is 31.3 Å². The van der Waals surface area contributed by atoms with Gasteiger partial charge in [-0.05, 0) is 18.6 Å². The first-order valence-corrected chi connectivity index (χ1v) is 8.07. The lowest BCUT2D eigenvalue weighted by molar-refractivity contribution is 0.271. The molecule has 0 saturated carbocycles. The minimum Gasteiger partial charge on any atom is -0.396 e. The van der Waals surface area contributed by atoms with Crippen molar-refractivity contribution in [1.82, 2.24) is 13.7 Å². The van der Waals surface area contributed by atoms with Crippen molar-refractivity contribution < 1.29 is 13.5 Å². The van der Waals surface area contributed by atoms with Crippen LogP contribution in [0.4, 0.5) is 0 Å². The molecule has 0 unspecified atom stereocenters. The van der Waals surface area contributed by atoms with Crippen molar-refractivity contribution in [2.45, 2.75) is 18.4 Å². The summed E-state index contributed by atoms with van der Waals surface area (Å²) in [6.45, 7) is 2.23. The molecule has 6 nitrogen and oxygen atoms in total. The first-order valence-electron chi connectivity index (χ1n) is 6.26. The fraction of sp³-hybridized carbons (Fsp3) is 0.417. The lowest BCUT2D eigenvalue weighted by Gasteiger charge is -2.19. The van der Waals surface area contributed by atoms with Crippen LogP contribution in [0.5, 0.6) is 0 Å². The maximum absolute atomic E-state index is 12.7. The molecule has 2 aromatic heterocycles. The molecule has 0 aromatic carbocycles. The molecule has 0 aliphatic heterocycles. The first kappa shape index (κ1) is 15.2. The second-order valence-corrected chi connectivity index (χ2v) is 6.42. The van der Waals surface area contributed by atoms with E-state index in [4.69, 9.17) is 16.7 Å². The minimum absolute atomic E-state index is 0.0328. The van der Waals surface area contributed by atoms with Gasteiger partial charge >= 0.3 is 0 Å². The van der Waals surface area contributed by atoms with Crippen LogP contribution < -0.4 is 0 Å². The van der Waals surface area contributed by atoms with E-state index in [0.29, 0.717) is 18.6 Å². The zero-order valence-corrected chi connectivity index (χ0v) is 12.6. The summed E-state index contributed by atoms with van der Waals surface area (Å²) in [6.07, 6.45) is 1.99. The Morgan fingerprint density at radius 3 is 2.85 bits per heavy atom. The van der Waals surface area contributed by atoms with E-state index < -0.39 is 10.0 Å². The molecule has 0 bridgehead atoms. The maximum atomic E-state index is 12.7. The van der Waals surface area contributed by atoms with E-state index in [1.165, 1.54) is 8.71 Å². The van der Waals surface area contributed by atoms with Gasteiger partial charge in [-0.1, -0.05) is 24.6 Å². The van der Waals surface area contributed by atoms with Gasteiger partial charge in [0, 0.05) is 25.9 Å². The van der Waals surface area contributed by atoms with Crippen LogP contribution in [0.25, 0.3) is 5.65 Å². The molecule has 2 rings (SSSR count). The molecule has 2 aromatic rings. The molecule has 0 spiro atoms. The van der Waals surface area contributed by atoms with Crippen molar-refractivity contribution in [3.63, 3.8) is 0 Å². The fourth-order valence-corrected chi connectivity index (χ4v) is 4.08. The Morgan fingerprint density at radius 1 is 1.45 bits per heavy atom. The maximum Gasteiger partial charge on any atom is 0.262 e. The summed E-state index contributed by atoms with van der Waals surface area (Å²) in [4.78, 5) is 4.05. The van der Waals surface area contributed by atoms with Gasteiger partial charge in [-0.15, -0.1) is 0 Å². The molecular weight excluding hydrogens is 302 g/mol. The molecule has 20 heavy (non-hydrogen) atoms. The molecule has 0 saturated heterocycles. The van der Waals surface area contributed by atoms with Crippen LogP contribution in [0.1, 0.15) is 13.3 Å². The standard InChI is InChI=1S/C12H16ClN3O3S/c1-2-15(7-5-9-17)20(18,19)12-11(13)14-10-6-3-4-8-16(10)12/h3-4,6,8,17H,2,5,7,9H2,1H3. The Labute approximate surface area is 122 Å². The topological polar surface area (TPSA) is 74.9 Å². The third kappa shape index (κ3) is 2.67. The van der Waals surface area contributed by atoms with Crippen LogP contribution in [0.15, 0.2) is 29.4 Å². The number of aliphatic hydroxyl groups excluding tert-OH is 1. The highest BCUT2D eigenvalue weighted by Crippen LogP contribution is 2.25. The summed E-state index contributed by atoms with van der Waals surface area (Å²) in [6, 6.07) is 5.17. The van der Waals surface area contributed by atoms with Gasteiger partial charge in [-0.2, -0.15) is 4.31 Å². The predicted octanol–water partition coefficient (Wildman–Crippen LogP) is 1.38. The molecule has 0 radical (unpaired) electrons. The predicted molar refractivity (Wildman–Crippen MR) is 76.3 cm³/mol. The van der Waals surface area contributed by atoms with Gasteiger partial charge in [0.2, 0.25) is 0 Å². The van der Waals surface area contributed by atoms with Gasteiger partial charge < -0.3 is 5.11 Å². The van der Waals surface area contributed by atoms with E-state index in [0.717, 1.165) is 0 Å². The largest absolute Gasteiger partial charge is 0.396 e. The van der Waals surface area contributed by atoms with Gasteiger partial charge in [-0.25, -0.2) is 13.4 Å². The SMILES string of the molecule is CCN(CCCO)S(=O)(=O)c1c(Cl)nc2ccccn12. The lowest BCUT2D eigenvalue weighted by Crippen LogP contribution is -2.33.